The van der Waals surface area contributed by atoms with E-state index < -0.39 is 41.7 Å². The maximum absolute atomic E-state index is 13.1. The minimum Gasteiger partial charge on any atom is -0.489 e. The van der Waals surface area contributed by atoms with Gasteiger partial charge in [0.05, 0.1) is 17.9 Å². The first kappa shape index (κ1) is 24.1. The van der Waals surface area contributed by atoms with Crippen molar-refractivity contribution in [1.29, 1.82) is 0 Å². The second-order valence-corrected chi connectivity index (χ2v) is 7.41. The molecule has 0 radical (unpaired) electrons. The van der Waals surface area contributed by atoms with E-state index in [1.54, 1.807) is 30.3 Å². The van der Waals surface area contributed by atoms with Gasteiger partial charge in [-0.25, -0.2) is 4.79 Å². The number of halogens is 3. The maximum Gasteiger partial charge on any atom is 0.416 e. The number of carbonyl (C=O) groups is 3. The maximum atomic E-state index is 13.1. The van der Waals surface area contributed by atoms with Gasteiger partial charge in [-0.1, -0.05) is 30.3 Å². The molecule has 1 aliphatic rings. The molecule has 4 amide bonds. The summed E-state index contributed by atoms with van der Waals surface area (Å²) < 4.78 is 49.7. The van der Waals surface area contributed by atoms with E-state index in [9.17, 15) is 27.6 Å². The molecule has 0 saturated carbocycles. The summed E-state index contributed by atoms with van der Waals surface area (Å²) in [7, 11) is 1.43. The average Bonchev–Trinajstić information content (AvgIpc) is 2.98. The molecule has 3 rings (SSSR count). The Balaban J connectivity index is 1.78. The van der Waals surface area contributed by atoms with E-state index in [0.29, 0.717) is 10.5 Å². The van der Waals surface area contributed by atoms with Gasteiger partial charge in [0.25, 0.3) is 5.91 Å². The van der Waals surface area contributed by atoms with E-state index in [1.165, 1.54) is 14.0 Å². The predicted molar refractivity (Wildman–Crippen MR) is 111 cm³/mol. The van der Waals surface area contributed by atoms with Crippen LogP contribution in [0.25, 0.3) is 0 Å². The summed E-state index contributed by atoms with van der Waals surface area (Å²) in [5.74, 6) is -1.54. The smallest absolute Gasteiger partial charge is 0.416 e. The minimum absolute atomic E-state index is 0.0141. The van der Waals surface area contributed by atoms with Gasteiger partial charge >= 0.3 is 12.2 Å². The Hall–Kier alpha value is -3.60. The number of hydrogen-bond donors (Lipinski definition) is 2. The van der Waals surface area contributed by atoms with E-state index in [0.717, 1.165) is 18.2 Å². The molecular formula is C22H22F3N3O5. The highest BCUT2D eigenvalue weighted by atomic mass is 19.4. The van der Waals surface area contributed by atoms with Gasteiger partial charge in [0.1, 0.15) is 24.4 Å². The molecule has 2 N–H and O–H groups in total. The fourth-order valence-electron chi connectivity index (χ4n) is 3.31. The lowest BCUT2D eigenvalue weighted by Gasteiger charge is -2.22. The number of amides is 4. The van der Waals surface area contributed by atoms with Gasteiger partial charge in [-0.3, -0.25) is 14.5 Å². The highest BCUT2D eigenvalue weighted by Crippen LogP contribution is 2.35. The van der Waals surface area contributed by atoms with Gasteiger partial charge in [-0.15, -0.1) is 0 Å². The Bertz CT molecular complexity index is 1050. The third-order valence-corrected chi connectivity index (χ3v) is 5.05. The monoisotopic (exact) mass is 465 g/mol. The standard InChI is InChI=1S/C22H22F3N3O5/c1-21(14-6-4-3-5-7-14)19(30)28(20(31)27-21)13-18(29)26-16-12-15(22(23,24)25)8-9-17(16)33-11-10-32-2/h3-9,12H,10-11,13H2,1-2H3,(H,26,29)(H,27,31)/t21-/m0/s1. The molecule has 0 spiro atoms. The van der Waals surface area contributed by atoms with Crippen LogP contribution in [0.5, 0.6) is 5.75 Å². The van der Waals surface area contributed by atoms with Crippen molar-refractivity contribution in [3.63, 3.8) is 0 Å². The number of carbonyl (C=O) groups excluding carboxylic acids is 3. The fraction of sp³-hybridized carbons (Fsp3) is 0.318. The zero-order valence-electron chi connectivity index (χ0n) is 17.9. The van der Waals surface area contributed by atoms with Crippen LogP contribution in [-0.2, 0) is 26.0 Å². The van der Waals surface area contributed by atoms with Gasteiger partial charge in [0, 0.05) is 7.11 Å². The zero-order chi connectivity index (χ0) is 24.2. The lowest BCUT2D eigenvalue weighted by atomic mass is 9.92. The van der Waals surface area contributed by atoms with Crippen LogP contribution in [0.15, 0.2) is 48.5 Å². The van der Waals surface area contributed by atoms with Crippen molar-refractivity contribution < 1.29 is 37.0 Å². The van der Waals surface area contributed by atoms with Crippen LogP contribution in [-0.4, -0.2) is 49.6 Å². The van der Waals surface area contributed by atoms with Crippen molar-refractivity contribution in [1.82, 2.24) is 10.2 Å². The largest absolute Gasteiger partial charge is 0.489 e. The number of imide groups is 1. The van der Waals surface area contributed by atoms with E-state index in [1.807, 2.05) is 0 Å². The number of alkyl halides is 3. The Labute approximate surface area is 187 Å². The van der Waals surface area contributed by atoms with Gasteiger partial charge in [-0.2, -0.15) is 13.2 Å². The summed E-state index contributed by atoms with van der Waals surface area (Å²) in [6.07, 6.45) is -4.65. The summed E-state index contributed by atoms with van der Waals surface area (Å²) in [6.45, 7) is 1.03. The summed E-state index contributed by atoms with van der Waals surface area (Å²) >= 11 is 0. The van der Waals surface area contributed by atoms with Crippen LogP contribution >= 0.6 is 0 Å². The number of rotatable bonds is 8. The molecule has 8 nitrogen and oxygen atoms in total. The zero-order valence-corrected chi connectivity index (χ0v) is 17.9. The van der Waals surface area contributed by atoms with E-state index in [4.69, 9.17) is 9.47 Å². The van der Waals surface area contributed by atoms with Crippen molar-refractivity contribution >= 4 is 23.5 Å². The number of methoxy groups -OCH3 is 1. The molecule has 176 valence electrons. The van der Waals surface area contributed by atoms with E-state index in [2.05, 4.69) is 10.6 Å². The van der Waals surface area contributed by atoms with Crippen LogP contribution in [0, 0.1) is 0 Å². The molecule has 33 heavy (non-hydrogen) atoms. The molecule has 2 aromatic rings. The first-order chi connectivity index (χ1) is 15.6. The molecule has 0 bridgehead atoms. The molecule has 1 aliphatic heterocycles. The van der Waals surface area contributed by atoms with Gasteiger partial charge < -0.3 is 20.1 Å². The molecule has 1 saturated heterocycles. The van der Waals surface area contributed by atoms with Crippen LogP contribution in [0.3, 0.4) is 0 Å². The van der Waals surface area contributed by atoms with Crippen LogP contribution < -0.4 is 15.4 Å². The molecule has 11 heteroatoms. The molecule has 0 aromatic heterocycles. The van der Waals surface area contributed by atoms with Gasteiger partial charge in [0.2, 0.25) is 5.91 Å². The molecular weight excluding hydrogens is 443 g/mol. The van der Waals surface area contributed by atoms with E-state index >= 15 is 0 Å². The lowest BCUT2D eigenvalue weighted by molar-refractivity contribution is -0.137. The number of nitrogens with zero attached hydrogens (tertiary/aromatic N) is 1. The molecule has 1 fully saturated rings. The fourth-order valence-corrected chi connectivity index (χ4v) is 3.31. The Morgan fingerprint density at radius 1 is 1.12 bits per heavy atom. The second kappa shape index (κ2) is 9.49. The summed E-state index contributed by atoms with van der Waals surface area (Å²) in [5, 5.41) is 4.87. The average molecular weight is 465 g/mol. The van der Waals surface area contributed by atoms with Gasteiger partial charge in [-0.05, 0) is 30.7 Å². The molecule has 0 unspecified atom stereocenters. The summed E-state index contributed by atoms with van der Waals surface area (Å²) in [4.78, 5) is 38.7. The first-order valence-corrected chi connectivity index (χ1v) is 9.88. The normalized spacial score (nSPS) is 18.3. The number of anilines is 1. The molecule has 1 atom stereocenters. The SMILES string of the molecule is COCCOc1ccc(C(F)(F)F)cc1NC(=O)CN1C(=O)N[C@@](C)(c2ccccc2)C1=O. The van der Waals surface area contributed by atoms with Crippen molar-refractivity contribution in [2.45, 2.75) is 18.6 Å². The minimum atomic E-state index is -4.65. The second-order valence-electron chi connectivity index (χ2n) is 7.41. The topological polar surface area (TPSA) is 97.0 Å². The molecule has 0 aliphatic carbocycles. The number of benzene rings is 2. The molecule has 2 aromatic carbocycles. The summed E-state index contributed by atoms with van der Waals surface area (Å²) in [6, 6.07) is 10.3. The van der Waals surface area contributed by atoms with Crippen LogP contribution in [0.1, 0.15) is 18.1 Å². The quantitative estimate of drug-likeness (QED) is 0.461. The number of ether oxygens (including phenoxy) is 2. The highest BCUT2D eigenvalue weighted by Gasteiger charge is 2.49. The van der Waals surface area contributed by atoms with Crippen LogP contribution in [0.2, 0.25) is 0 Å². The van der Waals surface area contributed by atoms with E-state index in [-0.39, 0.29) is 24.7 Å². The third kappa shape index (κ3) is 5.25. The predicted octanol–water partition coefficient (Wildman–Crippen LogP) is 3.14. The Morgan fingerprint density at radius 3 is 2.45 bits per heavy atom. The highest BCUT2D eigenvalue weighted by molar-refractivity contribution is 6.10. The third-order valence-electron chi connectivity index (χ3n) is 5.05. The van der Waals surface area contributed by atoms with Gasteiger partial charge in [0.15, 0.2) is 0 Å². The summed E-state index contributed by atoms with van der Waals surface area (Å²) in [5.41, 5.74) is -2.09. The van der Waals surface area contributed by atoms with Crippen molar-refractivity contribution in [2.24, 2.45) is 0 Å². The number of nitrogens with one attached hydrogen (secondary N) is 2. The van der Waals surface area contributed by atoms with Crippen LogP contribution in [0.4, 0.5) is 23.7 Å². The number of urea groups is 1. The van der Waals surface area contributed by atoms with Crippen molar-refractivity contribution in [3.8, 4) is 5.75 Å². The molecule has 1 heterocycles. The first-order valence-electron chi connectivity index (χ1n) is 9.88. The Morgan fingerprint density at radius 2 is 1.82 bits per heavy atom. The van der Waals surface area contributed by atoms with Crippen molar-refractivity contribution in [3.05, 3.63) is 59.7 Å². The number of hydrogen-bond acceptors (Lipinski definition) is 5. The van der Waals surface area contributed by atoms with Crippen molar-refractivity contribution in [2.75, 3.05) is 32.2 Å². The lowest BCUT2D eigenvalue weighted by Crippen LogP contribution is -2.42. The Kier molecular flexibility index (Phi) is 6.92.